The summed E-state index contributed by atoms with van der Waals surface area (Å²) in [6.07, 6.45) is 2.21. The van der Waals surface area contributed by atoms with E-state index in [4.69, 9.17) is 23.2 Å². The van der Waals surface area contributed by atoms with E-state index in [0.29, 0.717) is 22.3 Å². The highest BCUT2D eigenvalue weighted by Gasteiger charge is 2.59. The van der Waals surface area contributed by atoms with Crippen molar-refractivity contribution < 1.29 is 9.59 Å². The normalized spacial score (nSPS) is 26.7. The Morgan fingerprint density at radius 2 is 1.90 bits per heavy atom. The van der Waals surface area contributed by atoms with Crippen LogP contribution in [0.4, 0.5) is 5.69 Å². The first-order chi connectivity index (χ1) is 13.9. The number of halogens is 2. The van der Waals surface area contributed by atoms with Gasteiger partial charge in [0.15, 0.2) is 0 Å². The van der Waals surface area contributed by atoms with Crippen molar-refractivity contribution >= 4 is 40.7 Å². The molecule has 0 aliphatic carbocycles. The molecule has 2 aliphatic heterocycles. The summed E-state index contributed by atoms with van der Waals surface area (Å²) in [5.74, 6) is -0.755. The molecule has 0 bridgehead atoms. The van der Waals surface area contributed by atoms with Gasteiger partial charge in [-0.2, -0.15) is 0 Å². The molecule has 29 heavy (non-hydrogen) atoms. The molecule has 4 nitrogen and oxygen atoms in total. The summed E-state index contributed by atoms with van der Waals surface area (Å²) in [5, 5.41) is 7.20. The van der Waals surface area contributed by atoms with Gasteiger partial charge in [0.1, 0.15) is 0 Å². The zero-order chi connectivity index (χ0) is 20.8. The zero-order valence-corrected chi connectivity index (χ0v) is 17.8. The average Bonchev–Trinajstić information content (AvgIpc) is 2.86. The molecule has 3 atom stereocenters. The number of carbonyl (C=O) groups excluding carboxylic acids is 2. The Morgan fingerprint density at radius 1 is 1.14 bits per heavy atom. The molecule has 1 saturated heterocycles. The lowest BCUT2D eigenvalue weighted by molar-refractivity contribution is -0.123. The van der Waals surface area contributed by atoms with Crippen molar-refractivity contribution in [2.24, 2.45) is 5.92 Å². The van der Waals surface area contributed by atoms with Gasteiger partial charge in [0, 0.05) is 40.5 Å². The number of allylic oxidation sites excluding steroid dienone is 1. The van der Waals surface area contributed by atoms with E-state index in [1.807, 2.05) is 44.2 Å². The number of nitrogens with one attached hydrogen (secondary N) is 2. The van der Waals surface area contributed by atoms with Crippen molar-refractivity contribution in [1.29, 1.82) is 0 Å². The number of fused-ring (bicyclic) bond motifs is 2. The molecule has 2 aromatic rings. The van der Waals surface area contributed by atoms with Crippen LogP contribution < -0.4 is 10.6 Å². The number of hydrogen-bond acceptors (Lipinski definition) is 2. The van der Waals surface area contributed by atoms with Crippen LogP contribution in [-0.2, 0) is 15.0 Å². The summed E-state index contributed by atoms with van der Waals surface area (Å²) in [5.41, 5.74) is 2.57. The standard InChI is InChI=1S/C23H22Cl2N2O2/c1-3-13(2)19-12-26-21(28)11-18(14-5-4-6-15(24)9-14)23(19)17-8-7-16(25)10-20(17)27-22(23)29/h3-10,18-19H,11-12H2,1-2H3,(H,26,28)(H,27,29)/b13-3+/t18-,19+,23-/m1/s1. The highest BCUT2D eigenvalue weighted by molar-refractivity contribution is 6.31. The maximum Gasteiger partial charge on any atom is 0.236 e. The van der Waals surface area contributed by atoms with E-state index in [1.165, 1.54) is 0 Å². The molecule has 2 aliphatic rings. The van der Waals surface area contributed by atoms with Gasteiger partial charge >= 0.3 is 0 Å². The zero-order valence-electron chi connectivity index (χ0n) is 16.3. The highest BCUT2D eigenvalue weighted by Crippen LogP contribution is 2.56. The van der Waals surface area contributed by atoms with Gasteiger partial charge in [-0.15, -0.1) is 0 Å². The number of amides is 2. The van der Waals surface area contributed by atoms with Gasteiger partial charge in [0.25, 0.3) is 0 Å². The first-order valence-electron chi connectivity index (χ1n) is 9.64. The maximum atomic E-state index is 13.7. The van der Waals surface area contributed by atoms with Gasteiger partial charge in [0.05, 0.1) is 5.41 Å². The fourth-order valence-electron chi connectivity index (χ4n) is 4.88. The fraction of sp³-hybridized carbons (Fsp3) is 0.304. The van der Waals surface area contributed by atoms with Gasteiger partial charge in [-0.25, -0.2) is 0 Å². The monoisotopic (exact) mass is 428 g/mol. The van der Waals surface area contributed by atoms with Crippen LogP contribution in [0.5, 0.6) is 0 Å². The Labute approximate surface area is 180 Å². The lowest BCUT2D eigenvalue weighted by Gasteiger charge is -2.41. The van der Waals surface area contributed by atoms with Gasteiger partial charge in [0.2, 0.25) is 11.8 Å². The van der Waals surface area contributed by atoms with Crippen molar-refractivity contribution in [3.05, 3.63) is 75.3 Å². The predicted octanol–water partition coefficient (Wildman–Crippen LogP) is 5.07. The summed E-state index contributed by atoms with van der Waals surface area (Å²) in [7, 11) is 0. The molecule has 2 aromatic carbocycles. The molecule has 2 N–H and O–H groups in total. The second-order valence-electron chi connectivity index (χ2n) is 7.71. The number of hydrogen-bond donors (Lipinski definition) is 2. The Hall–Kier alpha value is -2.30. The largest absolute Gasteiger partial charge is 0.355 e. The number of carbonyl (C=O) groups is 2. The number of rotatable bonds is 2. The Bertz CT molecular complexity index is 1030. The van der Waals surface area contributed by atoms with Crippen molar-refractivity contribution in [3.63, 3.8) is 0 Å². The minimum absolute atomic E-state index is 0.0732. The van der Waals surface area contributed by atoms with Crippen LogP contribution in [-0.4, -0.2) is 18.4 Å². The molecule has 2 amide bonds. The van der Waals surface area contributed by atoms with E-state index < -0.39 is 5.41 Å². The number of anilines is 1. The molecule has 2 heterocycles. The van der Waals surface area contributed by atoms with Crippen LogP contribution in [0, 0.1) is 5.92 Å². The van der Waals surface area contributed by atoms with Crippen molar-refractivity contribution in [3.8, 4) is 0 Å². The highest BCUT2D eigenvalue weighted by atomic mass is 35.5. The Kier molecular flexibility index (Phi) is 5.18. The van der Waals surface area contributed by atoms with Crippen molar-refractivity contribution in [1.82, 2.24) is 5.32 Å². The van der Waals surface area contributed by atoms with Crippen LogP contribution in [0.25, 0.3) is 0 Å². The van der Waals surface area contributed by atoms with Gasteiger partial charge in [-0.05, 0) is 49.2 Å². The summed E-state index contributed by atoms with van der Waals surface area (Å²) >= 11 is 12.5. The van der Waals surface area contributed by atoms with Crippen molar-refractivity contribution in [2.75, 3.05) is 11.9 Å². The minimum Gasteiger partial charge on any atom is -0.355 e. The predicted molar refractivity (Wildman–Crippen MR) is 117 cm³/mol. The second kappa shape index (κ2) is 7.51. The lowest BCUT2D eigenvalue weighted by Crippen LogP contribution is -2.48. The molecule has 6 heteroatoms. The van der Waals surface area contributed by atoms with Crippen LogP contribution >= 0.6 is 23.2 Å². The van der Waals surface area contributed by atoms with Crippen LogP contribution in [0.3, 0.4) is 0 Å². The molecular weight excluding hydrogens is 407 g/mol. The second-order valence-corrected chi connectivity index (χ2v) is 8.59. The average molecular weight is 429 g/mol. The van der Waals surface area contributed by atoms with Gasteiger partial charge in [-0.1, -0.05) is 53.1 Å². The summed E-state index contributed by atoms with van der Waals surface area (Å²) in [6, 6.07) is 13.0. The lowest BCUT2D eigenvalue weighted by atomic mass is 9.59. The Balaban J connectivity index is 2.05. The molecular formula is C23H22Cl2N2O2. The Morgan fingerprint density at radius 3 is 2.62 bits per heavy atom. The van der Waals surface area contributed by atoms with E-state index in [-0.39, 0.29) is 30.1 Å². The fourth-order valence-corrected chi connectivity index (χ4v) is 5.26. The van der Waals surface area contributed by atoms with E-state index in [1.54, 1.807) is 18.2 Å². The molecule has 4 rings (SSSR count). The minimum atomic E-state index is -0.944. The summed E-state index contributed by atoms with van der Waals surface area (Å²) in [4.78, 5) is 26.4. The first-order valence-corrected chi connectivity index (χ1v) is 10.4. The van der Waals surface area contributed by atoms with E-state index in [2.05, 4.69) is 10.6 Å². The maximum absolute atomic E-state index is 13.7. The topological polar surface area (TPSA) is 58.2 Å². The van der Waals surface area contributed by atoms with Gasteiger partial charge in [-0.3, -0.25) is 9.59 Å². The van der Waals surface area contributed by atoms with Gasteiger partial charge < -0.3 is 10.6 Å². The number of benzene rings is 2. The third-order valence-corrected chi connectivity index (χ3v) is 6.77. The van der Waals surface area contributed by atoms with Crippen LogP contribution in [0.2, 0.25) is 10.0 Å². The van der Waals surface area contributed by atoms with Crippen LogP contribution in [0.15, 0.2) is 54.1 Å². The smallest absolute Gasteiger partial charge is 0.236 e. The molecule has 0 aromatic heterocycles. The molecule has 150 valence electrons. The molecule has 1 fully saturated rings. The molecule has 0 unspecified atom stereocenters. The summed E-state index contributed by atoms with van der Waals surface area (Å²) < 4.78 is 0. The third kappa shape index (κ3) is 3.15. The van der Waals surface area contributed by atoms with E-state index in [0.717, 1.165) is 16.7 Å². The van der Waals surface area contributed by atoms with Crippen LogP contribution in [0.1, 0.15) is 37.3 Å². The van der Waals surface area contributed by atoms with Crippen molar-refractivity contribution in [2.45, 2.75) is 31.6 Å². The SMILES string of the molecule is C/C=C(\C)[C@@H]1CNC(=O)C[C@H](c2cccc(Cl)c2)[C@@]12C(=O)Nc1cc(Cl)ccc12. The molecule has 0 saturated carbocycles. The summed E-state index contributed by atoms with van der Waals surface area (Å²) in [6.45, 7) is 4.36. The molecule has 1 spiro atoms. The van der Waals surface area contributed by atoms with E-state index >= 15 is 0 Å². The first kappa shape index (κ1) is 20.0. The third-order valence-electron chi connectivity index (χ3n) is 6.30. The quantitative estimate of drug-likeness (QED) is 0.655. The molecule has 0 radical (unpaired) electrons. The van der Waals surface area contributed by atoms with E-state index in [9.17, 15) is 9.59 Å².